The first-order chi connectivity index (χ1) is 15.0. The summed E-state index contributed by atoms with van der Waals surface area (Å²) in [5.41, 5.74) is 6.74. The quantitative estimate of drug-likeness (QED) is 0.232. The summed E-state index contributed by atoms with van der Waals surface area (Å²) in [6.07, 6.45) is 2.37. The number of amides is 3. The molecule has 0 saturated carbocycles. The Labute approximate surface area is 191 Å². The lowest BCUT2D eigenvalue weighted by Crippen LogP contribution is -2.57. The summed E-state index contributed by atoms with van der Waals surface area (Å²) in [6, 6.07) is 3.51. The number of phenolic OH excluding ortho intramolecular Hbond substituents is 1. The average molecular weight is 469 g/mol. The molecule has 0 saturated heterocycles. The third kappa shape index (κ3) is 9.56. The summed E-state index contributed by atoms with van der Waals surface area (Å²) >= 11 is 1.48. The van der Waals surface area contributed by atoms with Crippen LogP contribution in [0.2, 0.25) is 0 Å². The third-order valence-corrected chi connectivity index (χ3v) is 5.28. The number of aromatic hydroxyl groups is 1. The zero-order valence-corrected chi connectivity index (χ0v) is 19.3. The highest BCUT2D eigenvalue weighted by atomic mass is 32.2. The largest absolute Gasteiger partial charge is 0.508 e. The van der Waals surface area contributed by atoms with E-state index in [0.717, 1.165) is 5.56 Å². The minimum absolute atomic E-state index is 0.103. The number of benzene rings is 1. The Morgan fingerprint density at radius 1 is 1.03 bits per heavy atom. The fourth-order valence-electron chi connectivity index (χ4n) is 2.83. The molecule has 10 nitrogen and oxygen atoms in total. The Bertz CT molecular complexity index is 787. The first-order valence-corrected chi connectivity index (χ1v) is 11.6. The predicted octanol–water partition coefficient (Wildman–Crippen LogP) is -0.158. The number of carboxylic acids is 1. The van der Waals surface area contributed by atoms with Gasteiger partial charge in [-0.3, -0.25) is 19.2 Å². The van der Waals surface area contributed by atoms with Gasteiger partial charge in [-0.15, -0.1) is 0 Å². The highest BCUT2D eigenvalue weighted by Crippen LogP contribution is 2.11. The van der Waals surface area contributed by atoms with Crippen molar-refractivity contribution in [3.8, 4) is 5.75 Å². The summed E-state index contributed by atoms with van der Waals surface area (Å²) in [4.78, 5) is 48.5. The van der Waals surface area contributed by atoms with E-state index >= 15 is 0 Å². The lowest BCUT2D eigenvalue weighted by molar-refractivity contribution is -0.138. The zero-order chi connectivity index (χ0) is 24.3. The molecule has 0 spiro atoms. The van der Waals surface area contributed by atoms with Gasteiger partial charge in [0, 0.05) is 0 Å². The highest BCUT2D eigenvalue weighted by Gasteiger charge is 2.30. The average Bonchev–Trinajstić information content (AvgIpc) is 2.73. The topological polar surface area (TPSA) is 171 Å². The van der Waals surface area contributed by atoms with E-state index in [2.05, 4.69) is 16.0 Å². The lowest BCUT2D eigenvalue weighted by atomic mass is 10.0. The molecule has 32 heavy (non-hydrogen) atoms. The Morgan fingerprint density at radius 3 is 2.19 bits per heavy atom. The Kier molecular flexibility index (Phi) is 11.6. The van der Waals surface area contributed by atoms with Crippen molar-refractivity contribution in [2.45, 2.75) is 44.8 Å². The van der Waals surface area contributed by atoms with Gasteiger partial charge in [-0.25, -0.2) is 0 Å². The number of carbonyl (C=O) groups excluding carboxylic acids is 3. The molecule has 0 heterocycles. The van der Waals surface area contributed by atoms with Gasteiger partial charge in [0.15, 0.2) is 0 Å². The first-order valence-electron chi connectivity index (χ1n) is 10.2. The molecule has 1 aromatic rings. The number of rotatable bonds is 13. The molecule has 178 valence electrons. The maximum absolute atomic E-state index is 12.9. The van der Waals surface area contributed by atoms with Crippen LogP contribution in [0.4, 0.5) is 0 Å². The standard InChI is InChI=1S/C21H32N4O6S/c1-12(2)18(25-19(29)15(22)10-13-4-6-14(26)7-5-13)21(31)24-16(8-9-32-3)20(30)23-11-17(27)28/h4-7,12,15-16,18,26H,8-11,22H2,1-3H3,(H,23,30)(H,24,31)(H,25,29)(H,27,28). The number of nitrogens with one attached hydrogen (secondary N) is 3. The molecule has 0 aliphatic carbocycles. The van der Waals surface area contributed by atoms with Crippen LogP contribution in [0.25, 0.3) is 0 Å². The number of phenols is 1. The number of carbonyl (C=O) groups is 4. The minimum atomic E-state index is -1.19. The molecule has 0 radical (unpaired) electrons. The van der Waals surface area contributed by atoms with E-state index in [-0.39, 0.29) is 18.1 Å². The number of thioether (sulfide) groups is 1. The molecular weight excluding hydrogens is 436 g/mol. The normalized spacial score (nSPS) is 13.7. The molecule has 3 unspecified atom stereocenters. The molecule has 3 amide bonds. The van der Waals surface area contributed by atoms with E-state index in [1.807, 2.05) is 6.26 Å². The monoisotopic (exact) mass is 468 g/mol. The van der Waals surface area contributed by atoms with Crippen LogP contribution >= 0.6 is 11.8 Å². The summed E-state index contributed by atoms with van der Waals surface area (Å²) in [6.45, 7) is 2.94. The Balaban J connectivity index is 2.80. The van der Waals surface area contributed by atoms with Gasteiger partial charge in [0.25, 0.3) is 0 Å². The van der Waals surface area contributed by atoms with Crippen LogP contribution in [0, 0.1) is 5.92 Å². The van der Waals surface area contributed by atoms with Crippen molar-refractivity contribution in [3.05, 3.63) is 29.8 Å². The van der Waals surface area contributed by atoms with E-state index in [1.165, 1.54) is 23.9 Å². The molecule has 0 aliphatic rings. The zero-order valence-electron chi connectivity index (χ0n) is 18.5. The molecule has 11 heteroatoms. The number of nitrogens with two attached hydrogens (primary N) is 1. The minimum Gasteiger partial charge on any atom is -0.508 e. The second-order valence-electron chi connectivity index (χ2n) is 7.66. The summed E-state index contributed by atoms with van der Waals surface area (Å²) in [5.74, 6) is -2.49. The van der Waals surface area contributed by atoms with Crippen molar-refractivity contribution < 1.29 is 29.4 Å². The summed E-state index contributed by atoms with van der Waals surface area (Å²) in [7, 11) is 0. The molecule has 7 N–H and O–H groups in total. The molecular formula is C21H32N4O6S. The lowest BCUT2D eigenvalue weighted by Gasteiger charge is -2.26. The Morgan fingerprint density at radius 2 is 1.66 bits per heavy atom. The van der Waals surface area contributed by atoms with Gasteiger partial charge in [0.2, 0.25) is 17.7 Å². The molecule has 1 rings (SSSR count). The van der Waals surface area contributed by atoms with Crippen molar-refractivity contribution in [1.29, 1.82) is 0 Å². The number of carboxylic acid groups (broad SMARTS) is 1. The van der Waals surface area contributed by atoms with Crippen LogP contribution in [-0.4, -0.2) is 70.6 Å². The van der Waals surface area contributed by atoms with Crippen LogP contribution in [0.1, 0.15) is 25.8 Å². The maximum atomic E-state index is 12.9. The summed E-state index contributed by atoms with van der Waals surface area (Å²) < 4.78 is 0. The van der Waals surface area contributed by atoms with Crippen molar-refractivity contribution in [1.82, 2.24) is 16.0 Å². The van der Waals surface area contributed by atoms with Gasteiger partial charge in [-0.05, 0) is 48.5 Å². The van der Waals surface area contributed by atoms with Crippen LogP contribution < -0.4 is 21.7 Å². The molecule has 1 aromatic carbocycles. The SMILES string of the molecule is CSCCC(NC(=O)C(NC(=O)C(N)Cc1ccc(O)cc1)C(C)C)C(=O)NCC(=O)O. The van der Waals surface area contributed by atoms with Crippen LogP contribution in [0.15, 0.2) is 24.3 Å². The smallest absolute Gasteiger partial charge is 0.322 e. The third-order valence-electron chi connectivity index (χ3n) is 4.63. The molecule has 3 atom stereocenters. The molecule has 0 aliphatic heterocycles. The fraction of sp³-hybridized carbons (Fsp3) is 0.524. The first kappa shape index (κ1) is 27.2. The van der Waals surface area contributed by atoms with E-state index in [0.29, 0.717) is 12.2 Å². The van der Waals surface area contributed by atoms with Gasteiger partial charge in [-0.2, -0.15) is 11.8 Å². The number of aliphatic carboxylic acids is 1. The van der Waals surface area contributed by atoms with Gasteiger partial charge in [0.05, 0.1) is 6.04 Å². The van der Waals surface area contributed by atoms with Gasteiger partial charge < -0.3 is 31.9 Å². The molecule has 0 aromatic heterocycles. The second-order valence-corrected chi connectivity index (χ2v) is 8.65. The number of hydrogen-bond acceptors (Lipinski definition) is 7. The van der Waals surface area contributed by atoms with E-state index in [4.69, 9.17) is 10.8 Å². The van der Waals surface area contributed by atoms with Gasteiger partial charge in [-0.1, -0.05) is 26.0 Å². The van der Waals surface area contributed by atoms with Gasteiger partial charge >= 0.3 is 5.97 Å². The predicted molar refractivity (Wildman–Crippen MR) is 122 cm³/mol. The van der Waals surface area contributed by atoms with Gasteiger partial charge in [0.1, 0.15) is 24.4 Å². The van der Waals surface area contributed by atoms with Crippen molar-refractivity contribution >= 4 is 35.5 Å². The number of hydrogen-bond donors (Lipinski definition) is 6. The Hall–Kier alpha value is -2.79. The fourth-order valence-corrected chi connectivity index (χ4v) is 3.30. The van der Waals surface area contributed by atoms with Crippen molar-refractivity contribution in [2.24, 2.45) is 11.7 Å². The van der Waals surface area contributed by atoms with Crippen molar-refractivity contribution in [3.63, 3.8) is 0 Å². The second kappa shape index (κ2) is 13.6. The van der Waals surface area contributed by atoms with Crippen molar-refractivity contribution in [2.75, 3.05) is 18.6 Å². The van der Waals surface area contributed by atoms with E-state index < -0.39 is 48.4 Å². The summed E-state index contributed by atoms with van der Waals surface area (Å²) in [5, 5.41) is 25.6. The van der Waals surface area contributed by atoms with Crippen LogP contribution in [0.3, 0.4) is 0 Å². The maximum Gasteiger partial charge on any atom is 0.322 e. The van der Waals surface area contributed by atoms with E-state index in [1.54, 1.807) is 26.0 Å². The van der Waals surface area contributed by atoms with Crippen LogP contribution in [0.5, 0.6) is 5.75 Å². The molecule has 0 bridgehead atoms. The highest BCUT2D eigenvalue weighted by molar-refractivity contribution is 7.98. The van der Waals surface area contributed by atoms with Crippen LogP contribution in [-0.2, 0) is 25.6 Å². The van der Waals surface area contributed by atoms with E-state index in [9.17, 15) is 24.3 Å². The molecule has 0 fully saturated rings.